The van der Waals surface area contributed by atoms with Crippen molar-refractivity contribution in [3.8, 4) is 0 Å². The highest BCUT2D eigenvalue weighted by Crippen LogP contribution is 2.19. The molecule has 0 heterocycles. The van der Waals surface area contributed by atoms with Gasteiger partial charge in [0, 0.05) is 12.5 Å². The first kappa shape index (κ1) is 12.0. The first-order valence-corrected chi connectivity index (χ1v) is 5.21. The molecule has 0 aliphatic heterocycles. The van der Waals surface area contributed by atoms with Gasteiger partial charge in [-0.25, -0.2) is 9.18 Å². The van der Waals surface area contributed by atoms with Crippen molar-refractivity contribution in [3.63, 3.8) is 0 Å². The zero-order valence-electron chi connectivity index (χ0n) is 9.47. The number of carbonyl (C=O) groups is 1. The fourth-order valence-corrected chi connectivity index (χ4v) is 1.41. The van der Waals surface area contributed by atoms with Crippen molar-refractivity contribution in [2.45, 2.75) is 51.7 Å². The van der Waals surface area contributed by atoms with Crippen LogP contribution in [0.4, 0.5) is 9.18 Å². The normalized spacial score (nSPS) is 21.9. The van der Waals surface area contributed by atoms with Crippen LogP contribution in [0.3, 0.4) is 0 Å². The standard InChI is InChI=1S/C11H18FNO2/c1-11(2,3)15-10(14)13-9-6-4-8(12)5-7-9/h4,9H,5-7H2,1-3H3,(H,13,14)/t9-/m0/s1. The van der Waals surface area contributed by atoms with Crippen LogP contribution in [-0.2, 0) is 4.74 Å². The SMILES string of the molecule is CC(C)(C)OC(=O)N[C@H]1CC=C(F)CC1. The molecule has 0 aromatic heterocycles. The van der Waals surface area contributed by atoms with Crippen molar-refractivity contribution in [1.29, 1.82) is 0 Å². The largest absolute Gasteiger partial charge is 0.444 e. The Morgan fingerprint density at radius 1 is 1.60 bits per heavy atom. The van der Waals surface area contributed by atoms with E-state index in [2.05, 4.69) is 5.32 Å². The molecule has 0 saturated heterocycles. The Kier molecular flexibility index (Phi) is 3.72. The molecule has 1 amide bonds. The molecule has 86 valence electrons. The molecular formula is C11H18FNO2. The van der Waals surface area contributed by atoms with Gasteiger partial charge in [0.05, 0.1) is 5.83 Å². The summed E-state index contributed by atoms with van der Waals surface area (Å²) in [7, 11) is 0. The second-order valence-corrected chi connectivity index (χ2v) is 4.77. The lowest BCUT2D eigenvalue weighted by atomic mass is 10.0. The molecule has 4 heteroatoms. The van der Waals surface area contributed by atoms with Crippen LogP contribution >= 0.6 is 0 Å². The smallest absolute Gasteiger partial charge is 0.407 e. The maximum atomic E-state index is 12.7. The van der Waals surface area contributed by atoms with Gasteiger partial charge >= 0.3 is 6.09 Å². The Labute approximate surface area is 89.7 Å². The van der Waals surface area contributed by atoms with Crippen LogP contribution in [0.15, 0.2) is 11.9 Å². The second kappa shape index (κ2) is 4.64. The predicted molar refractivity (Wildman–Crippen MR) is 56.2 cm³/mol. The minimum atomic E-state index is -0.486. The molecule has 0 bridgehead atoms. The quantitative estimate of drug-likeness (QED) is 0.730. The third-order valence-corrected chi connectivity index (χ3v) is 2.08. The predicted octanol–water partition coefficient (Wildman–Crippen LogP) is 2.92. The minimum absolute atomic E-state index is 0.000602. The third-order valence-electron chi connectivity index (χ3n) is 2.08. The molecule has 0 unspecified atom stereocenters. The van der Waals surface area contributed by atoms with Gasteiger partial charge in [0.2, 0.25) is 0 Å². The third kappa shape index (κ3) is 4.81. The summed E-state index contributed by atoms with van der Waals surface area (Å²) >= 11 is 0. The average Bonchev–Trinajstić information content (AvgIpc) is 2.05. The van der Waals surface area contributed by atoms with Gasteiger partial charge in [-0.3, -0.25) is 0 Å². The van der Waals surface area contributed by atoms with E-state index in [1.807, 2.05) is 20.8 Å². The second-order valence-electron chi connectivity index (χ2n) is 4.77. The van der Waals surface area contributed by atoms with E-state index >= 15 is 0 Å². The Morgan fingerprint density at radius 3 is 2.73 bits per heavy atom. The molecule has 0 spiro atoms. The highest BCUT2D eigenvalue weighted by molar-refractivity contribution is 5.68. The molecule has 1 aliphatic carbocycles. The van der Waals surface area contributed by atoms with Gasteiger partial charge in [-0.05, 0) is 33.6 Å². The number of hydrogen-bond donors (Lipinski definition) is 1. The summed E-state index contributed by atoms with van der Waals surface area (Å²) in [4.78, 5) is 11.4. The molecule has 1 atom stereocenters. The van der Waals surface area contributed by atoms with Crippen molar-refractivity contribution in [2.75, 3.05) is 0 Å². The first-order chi connectivity index (χ1) is 6.87. The number of carbonyl (C=O) groups excluding carboxylic acids is 1. The van der Waals surface area contributed by atoms with Gasteiger partial charge in [-0.1, -0.05) is 6.08 Å². The Bertz CT molecular complexity index is 268. The highest BCUT2D eigenvalue weighted by Gasteiger charge is 2.20. The summed E-state index contributed by atoms with van der Waals surface area (Å²) in [6.07, 6.45) is 2.68. The lowest BCUT2D eigenvalue weighted by Gasteiger charge is -2.24. The van der Waals surface area contributed by atoms with Gasteiger partial charge in [-0.15, -0.1) is 0 Å². The molecule has 15 heavy (non-hydrogen) atoms. The Balaban J connectivity index is 2.33. The molecule has 0 radical (unpaired) electrons. The number of amides is 1. The summed E-state index contributed by atoms with van der Waals surface area (Å²) in [5.41, 5.74) is -0.486. The van der Waals surface area contributed by atoms with Gasteiger partial charge in [0.1, 0.15) is 5.60 Å². The number of halogens is 1. The molecule has 0 fully saturated rings. The van der Waals surface area contributed by atoms with E-state index in [4.69, 9.17) is 4.74 Å². The zero-order valence-corrected chi connectivity index (χ0v) is 9.47. The molecule has 1 N–H and O–H groups in total. The molecule has 0 aromatic rings. The van der Waals surface area contributed by atoms with E-state index < -0.39 is 11.7 Å². The first-order valence-electron chi connectivity index (χ1n) is 5.21. The number of rotatable bonds is 1. The lowest BCUT2D eigenvalue weighted by molar-refractivity contribution is 0.0500. The number of alkyl carbamates (subject to hydrolysis) is 1. The minimum Gasteiger partial charge on any atom is -0.444 e. The number of allylic oxidation sites excluding steroid dienone is 1. The van der Waals surface area contributed by atoms with Crippen LogP contribution in [0.5, 0.6) is 0 Å². The van der Waals surface area contributed by atoms with E-state index in [0.29, 0.717) is 19.3 Å². The van der Waals surface area contributed by atoms with Crippen molar-refractivity contribution >= 4 is 6.09 Å². The Morgan fingerprint density at radius 2 is 2.27 bits per heavy atom. The zero-order chi connectivity index (χ0) is 11.5. The molecule has 1 aliphatic rings. The van der Waals surface area contributed by atoms with Gasteiger partial charge in [-0.2, -0.15) is 0 Å². The van der Waals surface area contributed by atoms with E-state index in [0.717, 1.165) is 0 Å². The van der Waals surface area contributed by atoms with E-state index in [-0.39, 0.29) is 11.9 Å². The fraction of sp³-hybridized carbons (Fsp3) is 0.727. The van der Waals surface area contributed by atoms with Crippen LogP contribution < -0.4 is 5.32 Å². The van der Waals surface area contributed by atoms with Gasteiger partial charge in [0.25, 0.3) is 0 Å². The van der Waals surface area contributed by atoms with Crippen molar-refractivity contribution in [3.05, 3.63) is 11.9 Å². The highest BCUT2D eigenvalue weighted by atomic mass is 19.1. The van der Waals surface area contributed by atoms with Gasteiger partial charge < -0.3 is 10.1 Å². The summed E-state index contributed by atoms with van der Waals surface area (Å²) in [5, 5.41) is 2.72. The molecule has 1 rings (SSSR count). The van der Waals surface area contributed by atoms with Crippen LogP contribution in [0, 0.1) is 0 Å². The van der Waals surface area contributed by atoms with Crippen molar-refractivity contribution in [1.82, 2.24) is 5.32 Å². The maximum Gasteiger partial charge on any atom is 0.407 e. The molecule has 0 saturated carbocycles. The number of hydrogen-bond acceptors (Lipinski definition) is 2. The lowest BCUT2D eigenvalue weighted by Crippen LogP contribution is -2.39. The summed E-state index contributed by atoms with van der Waals surface area (Å²) in [6.45, 7) is 5.44. The van der Waals surface area contributed by atoms with Crippen LogP contribution in [0.25, 0.3) is 0 Å². The van der Waals surface area contributed by atoms with E-state index in [9.17, 15) is 9.18 Å². The van der Waals surface area contributed by atoms with Crippen molar-refractivity contribution < 1.29 is 13.9 Å². The number of ether oxygens (including phenoxy) is 1. The summed E-state index contributed by atoms with van der Waals surface area (Å²) in [5.74, 6) is -0.0859. The molecule has 3 nitrogen and oxygen atoms in total. The molecular weight excluding hydrogens is 197 g/mol. The fourth-order valence-electron chi connectivity index (χ4n) is 1.41. The van der Waals surface area contributed by atoms with Gasteiger partial charge in [0.15, 0.2) is 0 Å². The van der Waals surface area contributed by atoms with Crippen LogP contribution in [0.1, 0.15) is 40.0 Å². The average molecular weight is 215 g/mol. The maximum absolute atomic E-state index is 12.7. The number of nitrogens with one attached hydrogen (secondary N) is 1. The van der Waals surface area contributed by atoms with Crippen LogP contribution in [-0.4, -0.2) is 17.7 Å². The topological polar surface area (TPSA) is 38.3 Å². The van der Waals surface area contributed by atoms with E-state index in [1.54, 1.807) is 0 Å². The van der Waals surface area contributed by atoms with Crippen LogP contribution in [0.2, 0.25) is 0 Å². The van der Waals surface area contributed by atoms with Crippen molar-refractivity contribution in [2.24, 2.45) is 0 Å². The monoisotopic (exact) mass is 215 g/mol. The summed E-state index contributed by atoms with van der Waals surface area (Å²) < 4.78 is 17.8. The summed E-state index contributed by atoms with van der Waals surface area (Å²) in [6, 6.07) is -0.000602. The van der Waals surface area contributed by atoms with E-state index in [1.165, 1.54) is 6.08 Å². The molecule has 0 aromatic carbocycles. The Hall–Kier alpha value is -1.06.